The van der Waals surface area contributed by atoms with Crippen LogP contribution in [-0.4, -0.2) is 48.5 Å². The Morgan fingerprint density at radius 1 is 1.04 bits per heavy atom. The number of ether oxygens (including phenoxy) is 1. The van der Waals surface area contributed by atoms with Gasteiger partial charge in [0.2, 0.25) is 0 Å². The second kappa shape index (κ2) is 6.79. The molecule has 0 radical (unpaired) electrons. The molecule has 26 heavy (non-hydrogen) atoms. The van der Waals surface area contributed by atoms with Crippen LogP contribution in [0.4, 0.5) is 0 Å². The largest absolute Gasteiger partial charge is 0.462 e. The van der Waals surface area contributed by atoms with Crippen molar-refractivity contribution in [2.24, 2.45) is 0 Å². The lowest BCUT2D eigenvalue weighted by atomic mass is 9.76. The Morgan fingerprint density at radius 3 is 2.38 bits per heavy atom. The van der Waals surface area contributed by atoms with E-state index in [2.05, 4.69) is 69.0 Å². The van der Waals surface area contributed by atoms with Crippen molar-refractivity contribution >= 4 is 7.12 Å². The van der Waals surface area contributed by atoms with Gasteiger partial charge in [-0.25, -0.2) is 0 Å². The molecule has 0 N–H and O–H groups in total. The van der Waals surface area contributed by atoms with Crippen LogP contribution in [0.15, 0.2) is 42.0 Å². The van der Waals surface area contributed by atoms with Crippen LogP contribution in [0.1, 0.15) is 39.7 Å². The molecule has 140 valence electrons. The molecule has 0 saturated carbocycles. The molecule has 2 atom stereocenters. The SMILES string of the molecule is CC1(C)OB(CC2=CC3COCC(C2)N3Cc2ccccc2)OC1(C)C. The Morgan fingerprint density at radius 2 is 1.73 bits per heavy atom. The van der Waals surface area contributed by atoms with Crippen molar-refractivity contribution in [2.45, 2.75) is 70.3 Å². The van der Waals surface area contributed by atoms with E-state index in [-0.39, 0.29) is 18.3 Å². The van der Waals surface area contributed by atoms with Gasteiger partial charge in [0.1, 0.15) is 0 Å². The summed E-state index contributed by atoms with van der Waals surface area (Å²) < 4.78 is 18.2. The maximum absolute atomic E-state index is 6.20. The lowest BCUT2D eigenvalue weighted by molar-refractivity contribution is -0.0438. The zero-order valence-electron chi connectivity index (χ0n) is 16.4. The maximum atomic E-state index is 6.20. The van der Waals surface area contributed by atoms with Crippen molar-refractivity contribution in [1.82, 2.24) is 4.90 Å². The van der Waals surface area contributed by atoms with Crippen LogP contribution in [0.3, 0.4) is 0 Å². The molecular weight excluding hydrogens is 325 g/mol. The molecule has 0 aromatic heterocycles. The summed E-state index contributed by atoms with van der Waals surface area (Å²) in [6.45, 7) is 11.0. The summed E-state index contributed by atoms with van der Waals surface area (Å²) in [4.78, 5) is 2.59. The van der Waals surface area contributed by atoms with Gasteiger partial charge in [0.05, 0.1) is 30.5 Å². The molecular formula is C21H30BNO3. The first-order chi connectivity index (χ1) is 12.3. The first kappa shape index (κ1) is 18.2. The number of rotatable bonds is 4. The first-order valence-electron chi connectivity index (χ1n) is 9.77. The lowest BCUT2D eigenvalue weighted by Gasteiger charge is -2.45. The molecule has 2 fully saturated rings. The van der Waals surface area contributed by atoms with E-state index in [0.717, 1.165) is 32.5 Å². The van der Waals surface area contributed by atoms with Crippen molar-refractivity contribution in [2.75, 3.05) is 13.2 Å². The van der Waals surface area contributed by atoms with E-state index in [9.17, 15) is 0 Å². The summed E-state index contributed by atoms with van der Waals surface area (Å²) in [6, 6.07) is 11.5. The van der Waals surface area contributed by atoms with Crippen molar-refractivity contribution in [1.29, 1.82) is 0 Å². The topological polar surface area (TPSA) is 30.9 Å². The average molecular weight is 355 g/mol. The second-order valence-electron chi connectivity index (χ2n) is 8.84. The summed E-state index contributed by atoms with van der Waals surface area (Å²) in [6.07, 6.45) is 4.29. The fraction of sp³-hybridized carbons (Fsp3) is 0.619. The van der Waals surface area contributed by atoms with Crippen LogP contribution in [0.25, 0.3) is 0 Å². The third-order valence-electron chi connectivity index (χ3n) is 6.36. The summed E-state index contributed by atoms with van der Waals surface area (Å²) in [5.41, 5.74) is 2.30. The summed E-state index contributed by atoms with van der Waals surface area (Å²) in [5.74, 6) is 0. The van der Waals surface area contributed by atoms with Gasteiger partial charge in [-0.2, -0.15) is 0 Å². The Balaban J connectivity index is 1.45. The molecule has 3 heterocycles. The average Bonchev–Trinajstić information content (AvgIpc) is 2.76. The summed E-state index contributed by atoms with van der Waals surface area (Å²) >= 11 is 0. The highest BCUT2D eigenvalue weighted by Gasteiger charge is 2.51. The normalized spacial score (nSPS) is 30.3. The van der Waals surface area contributed by atoms with E-state index >= 15 is 0 Å². The van der Waals surface area contributed by atoms with Crippen LogP contribution < -0.4 is 0 Å². The number of hydrogen-bond acceptors (Lipinski definition) is 4. The molecule has 1 aromatic rings. The van der Waals surface area contributed by atoms with Crippen molar-refractivity contribution in [3.05, 3.63) is 47.5 Å². The van der Waals surface area contributed by atoms with Crippen LogP contribution in [-0.2, 0) is 20.6 Å². The van der Waals surface area contributed by atoms with Gasteiger partial charge in [-0.15, -0.1) is 0 Å². The smallest absolute Gasteiger partial charge is 0.403 e. The number of hydrogen-bond donors (Lipinski definition) is 0. The molecule has 0 amide bonds. The second-order valence-corrected chi connectivity index (χ2v) is 8.84. The van der Waals surface area contributed by atoms with Crippen LogP contribution in [0.2, 0.25) is 6.32 Å². The zero-order valence-corrected chi connectivity index (χ0v) is 16.4. The lowest BCUT2D eigenvalue weighted by Crippen LogP contribution is -2.53. The molecule has 3 aliphatic rings. The van der Waals surface area contributed by atoms with Gasteiger partial charge in [0.15, 0.2) is 0 Å². The molecule has 4 rings (SSSR count). The van der Waals surface area contributed by atoms with E-state index in [0.29, 0.717) is 12.1 Å². The first-order valence-corrected chi connectivity index (χ1v) is 9.77. The maximum Gasteiger partial charge on any atom is 0.462 e. The Bertz CT molecular complexity index is 657. The Kier molecular flexibility index (Phi) is 4.76. The molecule has 2 bridgehead atoms. The molecule has 3 aliphatic heterocycles. The molecule has 4 nitrogen and oxygen atoms in total. The van der Waals surface area contributed by atoms with Gasteiger partial charge >= 0.3 is 7.12 Å². The third kappa shape index (κ3) is 3.50. The predicted octanol–water partition coefficient (Wildman–Crippen LogP) is 3.68. The van der Waals surface area contributed by atoms with Crippen LogP contribution >= 0.6 is 0 Å². The number of fused-ring (bicyclic) bond motifs is 2. The minimum absolute atomic E-state index is 0.145. The molecule has 5 heteroatoms. The fourth-order valence-corrected chi connectivity index (χ4v) is 4.20. The highest BCUT2D eigenvalue weighted by Crippen LogP contribution is 2.40. The van der Waals surface area contributed by atoms with Gasteiger partial charge in [0, 0.05) is 18.9 Å². The molecule has 0 aliphatic carbocycles. The quantitative estimate of drug-likeness (QED) is 0.609. The Hall–Kier alpha value is -1.14. The highest BCUT2D eigenvalue weighted by atomic mass is 16.7. The number of benzene rings is 1. The van der Waals surface area contributed by atoms with Crippen molar-refractivity contribution in [3.63, 3.8) is 0 Å². The minimum Gasteiger partial charge on any atom is -0.403 e. The van der Waals surface area contributed by atoms with Gasteiger partial charge in [-0.05, 0) is 39.7 Å². The summed E-state index contributed by atoms with van der Waals surface area (Å²) in [5, 5.41) is 0. The van der Waals surface area contributed by atoms with Gasteiger partial charge in [-0.3, -0.25) is 4.90 Å². The van der Waals surface area contributed by atoms with E-state index in [1.807, 2.05) is 0 Å². The zero-order chi connectivity index (χ0) is 18.4. The van der Waals surface area contributed by atoms with Gasteiger partial charge in [0.25, 0.3) is 0 Å². The van der Waals surface area contributed by atoms with E-state index in [1.165, 1.54) is 11.1 Å². The van der Waals surface area contributed by atoms with E-state index < -0.39 is 0 Å². The summed E-state index contributed by atoms with van der Waals surface area (Å²) in [7, 11) is -0.145. The minimum atomic E-state index is -0.259. The monoisotopic (exact) mass is 355 g/mol. The molecule has 2 saturated heterocycles. The van der Waals surface area contributed by atoms with Crippen LogP contribution in [0, 0.1) is 0 Å². The number of morpholine rings is 1. The van der Waals surface area contributed by atoms with Crippen molar-refractivity contribution in [3.8, 4) is 0 Å². The fourth-order valence-electron chi connectivity index (χ4n) is 4.20. The standard InChI is InChI=1S/C21H30BNO3/c1-20(2)21(3,4)26-22(25-20)12-17-10-18-14-24-15-19(11-17)23(18)13-16-8-6-5-7-9-16/h5-10,18-19H,11-15H2,1-4H3. The highest BCUT2D eigenvalue weighted by molar-refractivity contribution is 6.46. The van der Waals surface area contributed by atoms with Crippen molar-refractivity contribution < 1.29 is 14.0 Å². The Labute approximate surface area is 157 Å². The van der Waals surface area contributed by atoms with E-state index in [4.69, 9.17) is 14.0 Å². The van der Waals surface area contributed by atoms with Crippen LogP contribution in [0.5, 0.6) is 0 Å². The van der Waals surface area contributed by atoms with E-state index in [1.54, 1.807) is 0 Å². The van der Waals surface area contributed by atoms with Gasteiger partial charge in [-0.1, -0.05) is 42.0 Å². The molecule has 2 unspecified atom stereocenters. The number of nitrogens with zero attached hydrogens (tertiary/aromatic N) is 1. The third-order valence-corrected chi connectivity index (χ3v) is 6.36. The molecule has 1 aromatic carbocycles. The molecule has 0 spiro atoms. The van der Waals surface area contributed by atoms with Gasteiger partial charge < -0.3 is 14.0 Å². The predicted molar refractivity (Wildman–Crippen MR) is 104 cm³/mol.